The molecule has 0 heterocycles. The highest BCUT2D eigenvalue weighted by Crippen LogP contribution is 2.23. The molecule has 0 saturated heterocycles. The van der Waals surface area contributed by atoms with Crippen molar-refractivity contribution in [3.8, 4) is 5.75 Å². The molecule has 1 aromatic rings. The fourth-order valence-corrected chi connectivity index (χ4v) is 1.58. The number of esters is 1. The van der Waals surface area contributed by atoms with Gasteiger partial charge in [0.2, 0.25) is 0 Å². The number of hydrogen-bond donors (Lipinski definition) is 1. The van der Waals surface area contributed by atoms with Crippen LogP contribution in [-0.2, 0) is 20.7 Å². The minimum atomic E-state index is -4.80. The van der Waals surface area contributed by atoms with Crippen LogP contribution >= 0.6 is 0 Å². The quantitative estimate of drug-likeness (QED) is 0.645. The van der Waals surface area contributed by atoms with E-state index in [0.717, 1.165) is 12.1 Å². The molecule has 0 amide bonds. The van der Waals surface area contributed by atoms with Gasteiger partial charge in [-0.1, -0.05) is 12.1 Å². The Labute approximate surface area is 118 Å². The number of hydrogen-bond acceptors (Lipinski definition) is 4. The van der Waals surface area contributed by atoms with E-state index in [1.54, 1.807) is 6.92 Å². The third-order valence-electron chi connectivity index (χ3n) is 2.47. The van der Waals surface area contributed by atoms with Gasteiger partial charge in [-0.2, -0.15) is 0 Å². The molecule has 1 atom stereocenters. The van der Waals surface area contributed by atoms with Crippen LogP contribution in [0.2, 0.25) is 0 Å². The highest BCUT2D eigenvalue weighted by molar-refractivity contribution is 5.94. The van der Waals surface area contributed by atoms with Gasteiger partial charge in [0, 0.05) is 0 Å². The van der Waals surface area contributed by atoms with Crippen LogP contribution in [0.5, 0.6) is 5.75 Å². The zero-order valence-electron chi connectivity index (χ0n) is 11.0. The lowest BCUT2D eigenvalue weighted by atomic mass is 9.99. The number of aliphatic carboxylic acids is 1. The Hall–Kier alpha value is -2.25. The molecule has 0 aliphatic heterocycles. The van der Waals surface area contributed by atoms with E-state index in [1.165, 1.54) is 12.1 Å². The molecule has 0 radical (unpaired) electrons. The van der Waals surface area contributed by atoms with Gasteiger partial charge in [-0.3, -0.25) is 9.59 Å². The summed E-state index contributed by atoms with van der Waals surface area (Å²) in [5, 5.41) is 8.96. The highest BCUT2D eigenvalue weighted by atomic mass is 19.4. The molecular weight excluding hydrogens is 293 g/mol. The van der Waals surface area contributed by atoms with Crippen molar-refractivity contribution in [3.63, 3.8) is 0 Å². The van der Waals surface area contributed by atoms with Gasteiger partial charge in [0.25, 0.3) is 0 Å². The maximum absolute atomic E-state index is 12.0. The van der Waals surface area contributed by atoms with Crippen LogP contribution in [0.1, 0.15) is 12.5 Å². The van der Waals surface area contributed by atoms with E-state index in [4.69, 9.17) is 5.11 Å². The Morgan fingerprint density at radius 3 is 2.24 bits per heavy atom. The lowest BCUT2D eigenvalue weighted by Gasteiger charge is -2.12. The number of carbonyl (C=O) groups is 2. The number of ether oxygens (including phenoxy) is 2. The second kappa shape index (κ2) is 6.96. The predicted molar refractivity (Wildman–Crippen MR) is 64.6 cm³/mol. The molecule has 116 valence electrons. The van der Waals surface area contributed by atoms with E-state index in [0.29, 0.717) is 5.56 Å². The molecule has 1 N–H and O–H groups in total. The molecule has 0 aliphatic carbocycles. The SMILES string of the molecule is CCOC(=O)C(Cc1ccc(OC(F)(F)F)cc1)C(=O)O. The van der Waals surface area contributed by atoms with Crippen LogP contribution < -0.4 is 4.74 Å². The lowest BCUT2D eigenvalue weighted by Crippen LogP contribution is -2.28. The summed E-state index contributed by atoms with van der Waals surface area (Å²) >= 11 is 0. The topological polar surface area (TPSA) is 72.8 Å². The third kappa shape index (κ3) is 5.72. The molecule has 0 aromatic heterocycles. The molecule has 8 heteroatoms. The summed E-state index contributed by atoms with van der Waals surface area (Å²) in [6.07, 6.45) is -4.98. The van der Waals surface area contributed by atoms with E-state index in [9.17, 15) is 22.8 Å². The number of carboxylic acids is 1. The molecule has 5 nitrogen and oxygen atoms in total. The summed E-state index contributed by atoms with van der Waals surface area (Å²) in [4.78, 5) is 22.5. The van der Waals surface area contributed by atoms with Gasteiger partial charge >= 0.3 is 18.3 Å². The lowest BCUT2D eigenvalue weighted by molar-refractivity contribution is -0.274. The second-order valence-corrected chi connectivity index (χ2v) is 4.04. The number of carboxylic acid groups (broad SMARTS) is 1. The predicted octanol–water partition coefficient (Wildman–Crippen LogP) is 2.39. The average Bonchev–Trinajstić information content (AvgIpc) is 2.35. The number of carbonyl (C=O) groups excluding carboxylic acids is 1. The van der Waals surface area contributed by atoms with Crippen molar-refractivity contribution in [3.05, 3.63) is 29.8 Å². The smallest absolute Gasteiger partial charge is 0.481 e. The fraction of sp³-hybridized carbons (Fsp3) is 0.385. The molecule has 0 bridgehead atoms. The number of benzene rings is 1. The Kier molecular flexibility index (Phi) is 5.57. The van der Waals surface area contributed by atoms with Crippen molar-refractivity contribution >= 4 is 11.9 Å². The molecule has 1 aromatic carbocycles. The standard InChI is InChI=1S/C13H13F3O5/c1-2-20-12(19)10(11(17)18)7-8-3-5-9(6-4-8)21-13(14,15)16/h3-6,10H,2,7H2,1H3,(H,17,18). The Morgan fingerprint density at radius 1 is 1.24 bits per heavy atom. The molecule has 0 saturated carbocycles. The molecular formula is C13H13F3O5. The van der Waals surface area contributed by atoms with Gasteiger partial charge in [-0.25, -0.2) is 0 Å². The second-order valence-electron chi connectivity index (χ2n) is 4.04. The van der Waals surface area contributed by atoms with E-state index in [-0.39, 0.29) is 13.0 Å². The molecule has 0 aliphatic rings. The van der Waals surface area contributed by atoms with Gasteiger partial charge in [-0.15, -0.1) is 13.2 Å². The number of rotatable bonds is 6. The summed E-state index contributed by atoms with van der Waals surface area (Å²) in [5.41, 5.74) is 0.380. The summed E-state index contributed by atoms with van der Waals surface area (Å²) in [6, 6.07) is 4.62. The Morgan fingerprint density at radius 2 is 1.81 bits per heavy atom. The van der Waals surface area contributed by atoms with Crippen molar-refractivity contribution < 1.29 is 37.3 Å². The molecule has 1 unspecified atom stereocenters. The van der Waals surface area contributed by atoms with E-state index >= 15 is 0 Å². The van der Waals surface area contributed by atoms with Crippen LogP contribution in [-0.4, -0.2) is 30.0 Å². The molecule has 0 spiro atoms. The summed E-state index contributed by atoms with van der Waals surface area (Å²) < 4.78 is 44.3. The van der Waals surface area contributed by atoms with Crippen molar-refractivity contribution in [1.29, 1.82) is 0 Å². The minimum absolute atomic E-state index is 0.0426. The van der Waals surface area contributed by atoms with Gasteiger partial charge < -0.3 is 14.6 Å². The minimum Gasteiger partial charge on any atom is -0.481 e. The van der Waals surface area contributed by atoms with Gasteiger partial charge in [-0.05, 0) is 31.0 Å². The first kappa shape index (κ1) is 16.8. The first-order chi connectivity index (χ1) is 9.73. The zero-order chi connectivity index (χ0) is 16.0. The van der Waals surface area contributed by atoms with Crippen LogP contribution in [0, 0.1) is 5.92 Å². The number of alkyl halides is 3. The van der Waals surface area contributed by atoms with Crippen molar-refractivity contribution in [2.75, 3.05) is 6.61 Å². The molecule has 0 fully saturated rings. The maximum Gasteiger partial charge on any atom is 0.573 e. The Balaban J connectivity index is 2.77. The van der Waals surface area contributed by atoms with Gasteiger partial charge in [0.05, 0.1) is 6.61 Å². The largest absolute Gasteiger partial charge is 0.573 e. The van der Waals surface area contributed by atoms with Crippen molar-refractivity contribution in [1.82, 2.24) is 0 Å². The molecule has 21 heavy (non-hydrogen) atoms. The van der Waals surface area contributed by atoms with Crippen LogP contribution in [0.3, 0.4) is 0 Å². The normalized spacial score (nSPS) is 12.6. The molecule has 1 rings (SSSR count). The zero-order valence-corrected chi connectivity index (χ0v) is 11.0. The van der Waals surface area contributed by atoms with E-state index in [2.05, 4.69) is 9.47 Å². The number of halogens is 3. The fourth-order valence-electron chi connectivity index (χ4n) is 1.58. The highest BCUT2D eigenvalue weighted by Gasteiger charge is 2.31. The van der Waals surface area contributed by atoms with Crippen molar-refractivity contribution in [2.24, 2.45) is 5.92 Å². The maximum atomic E-state index is 12.0. The van der Waals surface area contributed by atoms with Crippen molar-refractivity contribution in [2.45, 2.75) is 19.7 Å². The van der Waals surface area contributed by atoms with Crippen LogP contribution in [0.15, 0.2) is 24.3 Å². The van der Waals surface area contributed by atoms with Gasteiger partial charge in [0.1, 0.15) is 5.75 Å². The van der Waals surface area contributed by atoms with Crippen LogP contribution in [0.4, 0.5) is 13.2 Å². The summed E-state index contributed by atoms with van der Waals surface area (Å²) in [5.74, 6) is -4.07. The van der Waals surface area contributed by atoms with Gasteiger partial charge in [0.15, 0.2) is 5.92 Å². The van der Waals surface area contributed by atoms with E-state index < -0.39 is 30.0 Å². The summed E-state index contributed by atoms with van der Waals surface area (Å²) in [6.45, 7) is 1.58. The van der Waals surface area contributed by atoms with Crippen LogP contribution in [0.25, 0.3) is 0 Å². The Bertz CT molecular complexity index is 496. The summed E-state index contributed by atoms with van der Waals surface area (Å²) in [7, 11) is 0. The third-order valence-corrected chi connectivity index (χ3v) is 2.47. The average molecular weight is 306 g/mol. The van der Waals surface area contributed by atoms with E-state index in [1.807, 2.05) is 0 Å². The first-order valence-electron chi connectivity index (χ1n) is 5.97. The first-order valence-corrected chi connectivity index (χ1v) is 5.97. The monoisotopic (exact) mass is 306 g/mol.